The summed E-state index contributed by atoms with van der Waals surface area (Å²) < 4.78 is 10.6. The Morgan fingerprint density at radius 2 is 1.89 bits per heavy atom. The zero-order chi connectivity index (χ0) is 19.3. The molecule has 6 nitrogen and oxygen atoms in total. The molecule has 2 rings (SSSR count). The highest BCUT2D eigenvalue weighted by Gasteiger charge is 2.13. The number of methoxy groups -OCH3 is 1. The quantitative estimate of drug-likeness (QED) is 0.222. The summed E-state index contributed by atoms with van der Waals surface area (Å²) in [5, 5.41) is 6.87. The zero-order valence-corrected chi connectivity index (χ0v) is 19.9. The number of aryl methyl sites for hydroxylation is 1. The van der Waals surface area contributed by atoms with Gasteiger partial charge in [0.1, 0.15) is 5.75 Å². The van der Waals surface area contributed by atoms with E-state index in [0.29, 0.717) is 5.92 Å². The Morgan fingerprint density at radius 1 is 1.18 bits per heavy atom. The molecule has 1 aliphatic heterocycles. The number of morpholine rings is 1. The Hall–Kier alpha value is -1.06. The maximum absolute atomic E-state index is 5.41. The van der Waals surface area contributed by atoms with E-state index in [-0.39, 0.29) is 24.0 Å². The van der Waals surface area contributed by atoms with Crippen LogP contribution in [0.5, 0.6) is 5.75 Å². The molecule has 1 aliphatic rings. The first-order valence-electron chi connectivity index (χ1n) is 10.1. The monoisotopic (exact) mass is 504 g/mol. The molecule has 1 unspecified atom stereocenters. The molecule has 1 fully saturated rings. The molecular weight excluding hydrogens is 467 g/mol. The second-order valence-electron chi connectivity index (χ2n) is 7.20. The first kappa shape index (κ1) is 25.0. The molecule has 0 bridgehead atoms. The third-order valence-corrected chi connectivity index (χ3v) is 4.86. The molecule has 1 atom stereocenters. The van der Waals surface area contributed by atoms with Crippen molar-refractivity contribution >= 4 is 29.9 Å². The second-order valence-corrected chi connectivity index (χ2v) is 7.20. The van der Waals surface area contributed by atoms with E-state index in [2.05, 4.69) is 39.6 Å². The third-order valence-electron chi connectivity index (χ3n) is 4.86. The summed E-state index contributed by atoms with van der Waals surface area (Å²) in [7, 11) is 3.53. The van der Waals surface area contributed by atoms with Crippen LogP contribution in [0.4, 0.5) is 0 Å². The fourth-order valence-corrected chi connectivity index (χ4v) is 3.23. The van der Waals surface area contributed by atoms with Crippen LogP contribution in [-0.2, 0) is 11.2 Å². The van der Waals surface area contributed by atoms with E-state index in [1.807, 2.05) is 19.2 Å². The highest BCUT2D eigenvalue weighted by molar-refractivity contribution is 14.0. The van der Waals surface area contributed by atoms with Crippen molar-refractivity contribution in [3.8, 4) is 5.75 Å². The molecule has 1 aromatic rings. The minimum absolute atomic E-state index is 0. The van der Waals surface area contributed by atoms with E-state index in [1.165, 1.54) is 5.56 Å². The van der Waals surface area contributed by atoms with Gasteiger partial charge >= 0.3 is 0 Å². The Balaban J connectivity index is 0.00000392. The van der Waals surface area contributed by atoms with Crippen LogP contribution in [0.2, 0.25) is 0 Å². The number of hydrogen-bond donors (Lipinski definition) is 2. The normalized spacial score (nSPS) is 16.2. The van der Waals surface area contributed by atoms with Crippen LogP contribution in [-0.4, -0.2) is 71.0 Å². The van der Waals surface area contributed by atoms with Gasteiger partial charge in [-0.15, -0.1) is 24.0 Å². The second kappa shape index (κ2) is 14.9. The molecule has 1 saturated heterocycles. The smallest absolute Gasteiger partial charge is 0.190 e. The van der Waals surface area contributed by atoms with Crippen LogP contribution in [0.1, 0.15) is 25.3 Å². The number of halogens is 1. The third kappa shape index (κ3) is 9.93. The SMILES string of the molecule is CN=C(NCCCCc1ccc(OC)cc1)NCC(C)CN1CCOCC1.I. The van der Waals surface area contributed by atoms with Crippen molar-refractivity contribution < 1.29 is 9.47 Å². The average molecular weight is 504 g/mol. The fourth-order valence-electron chi connectivity index (χ4n) is 3.23. The minimum Gasteiger partial charge on any atom is -0.497 e. The molecule has 160 valence electrons. The van der Waals surface area contributed by atoms with Crippen LogP contribution >= 0.6 is 24.0 Å². The van der Waals surface area contributed by atoms with E-state index >= 15 is 0 Å². The number of unbranched alkanes of at least 4 members (excludes halogenated alkanes) is 1. The van der Waals surface area contributed by atoms with Gasteiger partial charge in [0.2, 0.25) is 0 Å². The van der Waals surface area contributed by atoms with Crippen molar-refractivity contribution in [1.29, 1.82) is 0 Å². The predicted molar refractivity (Wildman–Crippen MR) is 127 cm³/mol. The number of benzene rings is 1. The fraction of sp³-hybridized carbons (Fsp3) is 0.667. The summed E-state index contributed by atoms with van der Waals surface area (Å²) in [6, 6.07) is 8.33. The summed E-state index contributed by atoms with van der Waals surface area (Å²) in [6.07, 6.45) is 3.37. The summed E-state index contributed by atoms with van der Waals surface area (Å²) in [4.78, 5) is 6.81. The van der Waals surface area contributed by atoms with E-state index in [0.717, 1.165) is 76.9 Å². The van der Waals surface area contributed by atoms with E-state index < -0.39 is 0 Å². The molecule has 0 aliphatic carbocycles. The van der Waals surface area contributed by atoms with Gasteiger partial charge in [-0.05, 0) is 42.9 Å². The number of guanidine groups is 1. The maximum Gasteiger partial charge on any atom is 0.190 e. The van der Waals surface area contributed by atoms with E-state index in [9.17, 15) is 0 Å². The van der Waals surface area contributed by atoms with Gasteiger partial charge < -0.3 is 20.1 Å². The molecule has 2 N–H and O–H groups in total. The molecule has 0 saturated carbocycles. The van der Waals surface area contributed by atoms with Crippen LogP contribution in [0.15, 0.2) is 29.3 Å². The van der Waals surface area contributed by atoms with Crippen LogP contribution < -0.4 is 15.4 Å². The Bertz CT molecular complexity index is 548. The van der Waals surface area contributed by atoms with Crippen molar-refractivity contribution in [3.05, 3.63) is 29.8 Å². The summed E-state index contributed by atoms with van der Waals surface area (Å²) in [5.41, 5.74) is 1.36. The topological polar surface area (TPSA) is 58.1 Å². The number of nitrogens with zero attached hydrogens (tertiary/aromatic N) is 2. The van der Waals surface area contributed by atoms with Crippen LogP contribution in [0.25, 0.3) is 0 Å². The van der Waals surface area contributed by atoms with Gasteiger partial charge in [-0.2, -0.15) is 0 Å². The molecule has 1 heterocycles. The van der Waals surface area contributed by atoms with Gasteiger partial charge in [0.15, 0.2) is 5.96 Å². The lowest BCUT2D eigenvalue weighted by Gasteiger charge is -2.29. The van der Waals surface area contributed by atoms with Gasteiger partial charge in [0, 0.05) is 39.8 Å². The Kier molecular flexibility index (Phi) is 13.3. The van der Waals surface area contributed by atoms with Gasteiger partial charge in [-0.25, -0.2) is 0 Å². The summed E-state index contributed by atoms with van der Waals surface area (Å²) in [6.45, 7) is 9.08. The van der Waals surface area contributed by atoms with Crippen LogP contribution in [0.3, 0.4) is 0 Å². The molecule has 1 aromatic carbocycles. The highest BCUT2D eigenvalue weighted by atomic mass is 127. The highest BCUT2D eigenvalue weighted by Crippen LogP contribution is 2.13. The van der Waals surface area contributed by atoms with Gasteiger partial charge in [-0.1, -0.05) is 19.1 Å². The van der Waals surface area contributed by atoms with Crippen LogP contribution in [0, 0.1) is 5.92 Å². The number of hydrogen-bond acceptors (Lipinski definition) is 4. The maximum atomic E-state index is 5.41. The van der Waals surface area contributed by atoms with Crippen molar-refractivity contribution in [3.63, 3.8) is 0 Å². The van der Waals surface area contributed by atoms with Gasteiger partial charge in [0.05, 0.1) is 20.3 Å². The van der Waals surface area contributed by atoms with Crippen molar-refractivity contribution in [2.75, 3.05) is 60.1 Å². The number of ether oxygens (including phenoxy) is 2. The lowest BCUT2D eigenvalue weighted by Crippen LogP contribution is -2.44. The molecule has 0 amide bonds. The van der Waals surface area contributed by atoms with E-state index in [4.69, 9.17) is 9.47 Å². The largest absolute Gasteiger partial charge is 0.497 e. The summed E-state index contributed by atoms with van der Waals surface area (Å²) >= 11 is 0. The Morgan fingerprint density at radius 3 is 2.54 bits per heavy atom. The lowest BCUT2D eigenvalue weighted by atomic mass is 10.1. The zero-order valence-electron chi connectivity index (χ0n) is 17.6. The molecule has 7 heteroatoms. The Labute approximate surface area is 187 Å². The van der Waals surface area contributed by atoms with Crippen molar-refractivity contribution in [2.45, 2.75) is 26.2 Å². The lowest BCUT2D eigenvalue weighted by molar-refractivity contribution is 0.0320. The molecular formula is C21H37IN4O2. The minimum atomic E-state index is 0. The molecule has 0 spiro atoms. The molecule has 0 radical (unpaired) electrons. The molecule has 28 heavy (non-hydrogen) atoms. The predicted octanol–water partition coefficient (Wildman–Crippen LogP) is 2.77. The number of aliphatic imine (C=N–C) groups is 1. The first-order valence-corrected chi connectivity index (χ1v) is 10.1. The van der Waals surface area contributed by atoms with E-state index in [1.54, 1.807) is 7.11 Å². The van der Waals surface area contributed by atoms with Gasteiger partial charge in [0.25, 0.3) is 0 Å². The summed E-state index contributed by atoms with van der Waals surface area (Å²) in [5.74, 6) is 2.39. The van der Waals surface area contributed by atoms with Gasteiger partial charge in [-0.3, -0.25) is 9.89 Å². The van der Waals surface area contributed by atoms with Crippen molar-refractivity contribution in [2.24, 2.45) is 10.9 Å². The number of rotatable bonds is 10. The first-order chi connectivity index (χ1) is 13.2. The van der Waals surface area contributed by atoms with Crippen molar-refractivity contribution in [1.82, 2.24) is 15.5 Å². The standard InChI is InChI=1S/C21H36N4O2.HI/c1-18(17-25-12-14-27-15-13-25)16-24-21(22-2)23-11-5-4-6-19-7-9-20(26-3)10-8-19;/h7-10,18H,4-6,11-17H2,1-3H3,(H2,22,23,24);1H. The molecule has 0 aromatic heterocycles. The average Bonchev–Trinajstić information content (AvgIpc) is 2.71. The number of nitrogens with one attached hydrogen (secondary N) is 2.